The molecule has 0 spiro atoms. The van der Waals surface area contributed by atoms with E-state index in [2.05, 4.69) is 4.99 Å². The summed E-state index contributed by atoms with van der Waals surface area (Å²) in [6, 6.07) is 14.0. The number of nitrogens with two attached hydrogens (primary N) is 1. The summed E-state index contributed by atoms with van der Waals surface area (Å²) in [7, 11) is 0. The molecule has 0 saturated heterocycles. The van der Waals surface area contributed by atoms with Crippen LogP contribution in [0.1, 0.15) is 11.6 Å². The van der Waals surface area contributed by atoms with Gasteiger partial charge in [0.15, 0.2) is 5.96 Å². The lowest BCUT2D eigenvalue weighted by Crippen LogP contribution is -2.36. The maximum atomic E-state index is 13.2. The predicted octanol–water partition coefficient (Wildman–Crippen LogP) is 3.36. The van der Waals surface area contributed by atoms with Gasteiger partial charge in [-0.25, -0.2) is 4.39 Å². The van der Waals surface area contributed by atoms with Crippen molar-refractivity contribution in [3.63, 3.8) is 0 Å². The first-order valence-electron chi connectivity index (χ1n) is 6.26. The molecule has 0 aliphatic carbocycles. The standard InChI is InChI=1S/C15H13ClFN3/c16-13-8-10(17)6-7-12(13)14-9-19-15(18)20(14)11-4-2-1-3-5-11/h1-8,14H,9H2,(H2,18,19). The molecule has 1 unspecified atom stereocenters. The summed E-state index contributed by atoms with van der Waals surface area (Å²) in [4.78, 5) is 6.20. The molecule has 20 heavy (non-hydrogen) atoms. The average Bonchev–Trinajstić information content (AvgIpc) is 2.81. The van der Waals surface area contributed by atoms with Crippen molar-refractivity contribution in [2.24, 2.45) is 10.7 Å². The van der Waals surface area contributed by atoms with E-state index in [9.17, 15) is 4.39 Å². The third-order valence-corrected chi connectivity index (χ3v) is 3.67. The van der Waals surface area contributed by atoms with Gasteiger partial charge in [-0.15, -0.1) is 0 Å². The Kier molecular flexibility index (Phi) is 3.32. The zero-order valence-electron chi connectivity index (χ0n) is 10.6. The molecule has 0 amide bonds. The van der Waals surface area contributed by atoms with Gasteiger partial charge in [-0.1, -0.05) is 35.9 Å². The first-order chi connectivity index (χ1) is 9.66. The van der Waals surface area contributed by atoms with Gasteiger partial charge >= 0.3 is 0 Å². The van der Waals surface area contributed by atoms with E-state index in [0.29, 0.717) is 17.5 Å². The van der Waals surface area contributed by atoms with Crippen molar-refractivity contribution >= 4 is 23.2 Å². The van der Waals surface area contributed by atoms with Gasteiger partial charge in [0, 0.05) is 10.7 Å². The molecule has 3 rings (SSSR count). The van der Waals surface area contributed by atoms with Crippen LogP contribution in [0.15, 0.2) is 53.5 Å². The third-order valence-electron chi connectivity index (χ3n) is 3.34. The van der Waals surface area contributed by atoms with Gasteiger partial charge < -0.3 is 10.6 Å². The van der Waals surface area contributed by atoms with Gasteiger partial charge in [-0.2, -0.15) is 0 Å². The van der Waals surface area contributed by atoms with Crippen LogP contribution in [-0.2, 0) is 0 Å². The highest BCUT2D eigenvalue weighted by Crippen LogP contribution is 2.34. The van der Waals surface area contributed by atoms with Crippen molar-refractivity contribution in [3.05, 3.63) is 64.9 Å². The van der Waals surface area contributed by atoms with E-state index >= 15 is 0 Å². The molecule has 5 heteroatoms. The molecule has 2 N–H and O–H groups in total. The maximum Gasteiger partial charge on any atom is 0.196 e. The van der Waals surface area contributed by atoms with Crippen LogP contribution in [0, 0.1) is 5.82 Å². The Morgan fingerprint density at radius 1 is 1.20 bits per heavy atom. The number of anilines is 1. The number of rotatable bonds is 2. The molecule has 1 heterocycles. The fraction of sp³-hybridized carbons (Fsp3) is 0.133. The molecular formula is C15H13ClFN3. The smallest absolute Gasteiger partial charge is 0.196 e. The molecular weight excluding hydrogens is 277 g/mol. The normalized spacial score (nSPS) is 18.2. The van der Waals surface area contributed by atoms with Crippen LogP contribution >= 0.6 is 11.6 Å². The molecule has 0 aromatic heterocycles. The molecule has 1 aliphatic rings. The SMILES string of the molecule is NC1=NCC(c2ccc(F)cc2Cl)N1c1ccccc1. The molecule has 0 bridgehead atoms. The van der Waals surface area contributed by atoms with Crippen molar-refractivity contribution in [3.8, 4) is 0 Å². The molecule has 2 aromatic rings. The van der Waals surface area contributed by atoms with Crippen LogP contribution in [0.3, 0.4) is 0 Å². The highest BCUT2D eigenvalue weighted by Gasteiger charge is 2.30. The van der Waals surface area contributed by atoms with Crippen LogP contribution in [0.4, 0.5) is 10.1 Å². The van der Waals surface area contributed by atoms with Gasteiger partial charge in [0.1, 0.15) is 5.82 Å². The molecule has 1 aliphatic heterocycles. The highest BCUT2D eigenvalue weighted by molar-refractivity contribution is 6.31. The Bertz CT molecular complexity index is 657. The van der Waals surface area contributed by atoms with Crippen LogP contribution in [0.5, 0.6) is 0 Å². The zero-order chi connectivity index (χ0) is 14.1. The fourth-order valence-corrected chi connectivity index (χ4v) is 2.70. The number of benzene rings is 2. The Morgan fingerprint density at radius 3 is 2.65 bits per heavy atom. The number of halogens is 2. The summed E-state index contributed by atoms with van der Waals surface area (Å²) in [5, 5.41) is 0.390. The van der Waals surface area contributed by atoms with E-state index in [1.165, 1.54) is 12.1 Å². The minimum absolute atomic E-state index is 0.106. The van der Waals surface area contributed by atoms with Crippen LogP contribution in [0.25, 0.3) is 0 Å². The van der Waals surface area contributed by atoms with Crippen molar-refractivity contribution in [2.75, 3.05) is 11.4 Å². The Balaban J connectivity index is 2.01. The van der Waals surface area contributed by atoms with Crippen LogP contribution < -0.4 is 10.6 Å². The molecule has 0 fully saturated rings. The molecule has 0 radical (unpaired) electrons. The Hall–Kier alpha value is -2.07. The summed E-state index contributed by atoms with van der Waals surface area (Å²) < 4.78 is 13.2. The Morgan fingerprint density at radius 2 is 1.95 bits per heavy atom. The lowest BCUT2D eigenvalue weighted by molar-refractivity contribution is 0.625. The van der Waals surface area contributed by atoms with E-state index in [1.807, 2.05) is 35.2 Å². The Labute approximate surface area is 121 Å². The minimum atomic E-state index is -0.350. The number of hydrogen-bond donors (Lipinski definition) is 1. The minimum Gasteiger partial charge on any atom is -0.369 e. The van der Waals surface area contributed by atoms with Gasteiger partial charge in [-0.05, 0) is 29.8 Å². The van der Waals surface area contributed by atoms with Gasteiger partial charge in [0.05, 0.1) is 12.6 Å². The second-order valence-electron chi connectivity index (χ2n) is 4.59. The molecule has 102 valence electrons. The lowest BCUT2D eigenvalue weighted by Gasteiger charge is -2.27. The topological polar surface area (TPSA) is 41.6 Å². The second-order valence-corrected chi connectivity index (χ2v) is 4.99. The summed E-state index contributed by atoms with van der Waals surface area (Å²) in [5.41, 5.74) is 7.74. The molecule has 3 nitrogen and oxygen atoms in total. The average molecular weight is 290 g/mol. The number of guanidine groups is 1. The first kappa shape index (κ1) is 12.9. The number of hydrogen-bond acceptors (Lipinski definition) is 3. The molecule has 2 aromatic carbocycles. The number of nitrogens with zero attached hydrogens (tertiary/aromatic N) is 2. The van der Waals surface area contributed by atoms with E-state index in [-0.39, 0.29) is 11.9 Å². The molecule has 0 saturated carbocycles. The third kappa shape index (κ3) is 2.23. The quantitative estimate of drug-likeness (QED) is 0.921. The van der Waals surface area contributed by atoms with E-state index < -0.39 is 0 Å². The number of para-hydroxylation sites is 1. The van der Waals surface area contributed by atoms with Crippen molar-refractivity contribution in [2.45, 2.75) is 6.04 Å². The summed E-state index contributed by atoms with van der Waals surface area (Å²) in [6.07, 6.45) is 0. The van der Waals surface area contributed by atoms with Gasteiger partial charge in [0.2, 0.25) is 0 Å². The summed E-state index contributed by atoms with van der Waals surface area (Å²) in [6.45, 7) is 0.506. The van der Waals surface area contributed by atoms with Crippen molar-refractivity contribution in [1.82, 2.24) is 0 Å². The van der Waals surface area contributed by atoms with Crippen LogP contribution in [0.2, 0.25) is 5.02 Å². The largest absolute Gasteiger partial charge is 0.369 e. The predicted molar refractivity (Wildman–Crippen MR) is 79.6 cm³/mol. The highest BCUT2D eigenvalue weighted by atomic mass is 35.5. The summed E-state index contributed by atoms with van der Waals surface area (Å²) in [5.74, 6) is 0.0958. The van der Waals surface area contributed by atoms with E-state index in [4.69, 9.17) is 17.3 Å². The maximum absolute atomic E-state index is 13.2. The van der Waals surface area contributed by atoms with E-state index in [0.717, 1.165) is 11.3 Å². The monoisotopic (exact) mass is 289 g/mol. The van der Waals surface area contributed by atoms with Gasteiger partial charge in [0.25, 0.3) is 0 Å². The lowest BCUT2D eigenvalue weighted by atomic mass is 10.1. The van der Waals surface area contributed by atoms with Crippen molar-refractivity contribution in [1.29, 1.82) is 0 Å². The fourth-order valence-electron chi connectivity index (χ4n) is 2.41. The molecule has 1 atom stereocenters. The van der Waals surface area contributed by atoms with Crippen LogP contribution in [-0.4, -0.2) is 12.5 Å². The first-order valence-corrected chi connectivity index (χ1v) is 6.64. The number of aliphatic imine (C=N–C) groups is 1. The second kappa shape index (κ2) is 5.13. The van der Waals surface area contributed by atoms with E-state index in [1.54, 1.807) is 6.07 Å². The summed E-state index contributed by atoms with van der Waals surface area (Å²) >= 11 is 6.15. The van der Waals surface area contributed by atoms with Gasteiger partial charge in [-0.3, -0.25) is 4.99 Å². The zero-order valence-corrected chi connectivity index (χ0v) is 11.4. The van der Waals surface area contributed by atoms with Crippen molar-refractivity contribution < 1.29 is 4.39 Å².